The fraction of sp³-hybridized carbons (Fsp3) is 0.278. The van der Waals surface area contributed by atoms with Crippen molar-refractivity contribution in [3.63, 3.8) is 0 Å². The molecule has 1 amide bonds. The lowest BCUT2D eigenvalue weighted by Crippen LogP contribution is -2.41. The van der Waals surface area contributed by atoms with E-state index in [0.717, 1.165) is 22.4 Å². The number of aromatic nitrogens is 1. The zero-order valence-corrected chi connectivity index (χ0v) is 12.9. The van der Waals surface area contributed by atoms with Gasteiger partial charge in [-0.25, -0.2) is 0 Å². The molecule has 118 valence electrons. The third-order valence-corrected chi connectivity index (χ3v) is 4.17. The number of carboxylic acid groups (broad SMARTS) is 1. The summed E-state index contributed by atoms with van der Waals surface area (Å²) in [5.74, 6) is -1.64. The first kappa shape index (κ1) is 15.2. The standard InChI is InChI=1S/C18H18N2O3/c1-12-6-7-13(9-19-12)8-17(21)20-10-14-4-2-3-5-15(14)16(11-20)18(22)23/h2-7,9,16H,8,10-11H2,1H3,(H,22,23). The lowest BCUT2D eigenvalue weighted by atomic mass is 9.89. The Labute approximate surface area is 134 Å². The lowest BCUT2D eigenvalue weighted by molar-refractivity contribution is -0.141. The quantitative estimate of drug-likeness (QED) is 0.943. The number of aryl methyl sites for hydroxylation is 1. The number of hydrogen-bond donors (Lipinski definition) is 1. The summed E-state index contributed by atoms with van der Waals surface area (Å²) in [6.07, 6.45) is 1.93. The zero-order chi connectivity index (χ0) is 16.4. The van der Waals surface area contributed by atoms with Crippen molar-refractivity contribution in [2.75, 3.05) is 6.54 Å². The Bertz CT molecular complexity index is 740. The highest BCUT2D eigenvalue weighted by Gasteiger charge is 2.32. The molecule has 0 fully saturated rings. The number of amides is 1. The molecule has 0 aliphatic carbocycles. The molecule has 1 atom stereocenters. The molecule has 2 heterocycles. The van der Waals surface area contributed by atoms with Crippen LogP contribution in [0.2, 0.25) is 0 Å². The van der Waals surface area contributed by atoms with Gasteiger partial charge in [-0.1, -0.05) is 30.3 Å². The van der Waals surface area contributed by atoms with Crippen molar-refractivity contribution in [2.24, 2.45) is 0 Å². The largest absolute Gasteiger partial charge is 0.481 e. The van der Waals surface area contributed by atoms with Crippen molar-refractivity contribution >= 4 is 11.9 Å². The molecule has 23 heavy (non-hydrogen) atoms. The summed E-state index contributed by atoms with van der Waals surface area (Å²) in [6.45, 7) is 2.56. The predicted molar refractivity (Wildman–Crippen MR) is 84.9 cm³/mol. The van der Waals surface area contributed by atoms with Gasteiger partial charge in [0.25, 0.3) is 0 Å². The molecular weight excluding hydrogens is 292 g/mol. The molecule has 0 saturated carbocycles. The summed E-state index contributed by atoms with van der Waals surface area (Å²) >= 11 is 0. The van der Waals surface area contributed by atoms with Crippen LogP contribution in [0.15, 0.2) is 42.6 Å². The number of nitrogens with zero attached hydrogens (tertiary/aromatic N) is 2. The number of carbonyl (C=O) groups excluding carboxylic acids is 1. The molecule has 0 bridgehead atoms. The first-order valence-electron chi connectivity index (χ1n) is 7.54. The van der Waals surface area contributed by atoms with Crippen LogP contribution in [0, 0.1) is 6.92 Å². The second kappa shape index (κ2) is 6.20. The van der Waals surface area contributed by atoms with Gasteiger partial charge in [0.15, 0.2) is 0 Å². The third kappa shape index (κ3) is 3.23. The normalized spacial score (nSPS) is 16.7. The average molecular weight is 310 g/mol. The van der Waals surface area contributed by atoms with Crippen LogP contribution < -0.4 is 0 Å². The average Bonchev–Trinajstić information content (AvgIpc) is 2.55. The van der Waals surface area contributed by atoms with E-state index in [2.05, 4.69) is 4.98 Å². The molecule has 3 rings (SSSR count). The Morgan fingerprint density at radius 2 is 2.04 bits per heavy atom. The molecule has 1 N–H and O–H groups in total. The SMILES string of the molecule is Cc1ccc(CC(=O)N2Cc3ccccc3C(C(=O)O)C2)cn1. The second-order valence-corrected chi connectivity index (χ2v) is 5.85. The minimum atomic E-state index is -0.896. The number of carboxylic acids is 1. The molecule has 1 unspecified atom stereocenters. The molecule has 1 aromatic carbocycles. The van der Waals surface area contributed by atoms with E-state index >= 15 is 0 Å². The number of pyridine rings is 1. The second-order valence-electron chi connectivity index (χ2n) is 5.85. The summed E-state index contributed by atoms with van der Waals surface area (Å²) in [4.78, 5) is 29.9. The van der Waals surface area contributed by atoms with E-state index in [9.17, 15) is 14.7 Å². The van der Waals surface area contributed by atoms with Crippen molar-refractivity contribution < 1.29 is 14.7 Å². The molecule has 1 aromatic heterocycles. The summed E-state index contributed by atoms with van der Waals surface area (Å²) in [6, 6.07) is 11.2. The van der Waals surface area contributed by atoms with Crippen LogP contribution in [0.5, 0.6) is 0 Å². The topological polar surface area (TPSA) is 70.5 Å². The van der Waals surface area contributed by atoms with E-state index in [1.54, 1.807) is 11.1 Å². The lowest BCUT2D eigenvalue weighted by Gasteiger charge is -2.33. The van der Waals surface area contributed by atoms with E-state index in [0.29, 0.717) is 6.54 Å². The summed E-state index contributed by atoms with van der Waals surface area (Å²) in [5.41, 5.74) is 3.45. The third-order valence-electron chi connectivity index (χ3n) is 4.17. The fourth-order valence-corrected chi connectivity index (χ4v) is 2.90. The number of fused-ring (bicyclic) bond motifs is 1. The van der Waals surface area contributed by atoms with Crippen LogP contribution in [-0.4, -0.2) is 33.4 Å². The molecule has 5 heteroatoms. The molecule has 1 aliphatic rings. The minimum absolute atomic E-state index is 0.0728. The minimum Gasteiger partial charge on any atom is -0.481 e. The van der Waals surface area contributed by atoms with Crippen LogP contribution in [0.25, 0.3) is 0 Å². The van der Waals surface area contributed by atoms with Gasteiger partial charge < -0.3 is 10.0 Å². The van der Waals surface area contributed by atoms with Crippen molar-refractivity contribution in [1.82, 2.24) is 9.88 Å². The van der Waals surface area contributed by atoms with Crippen LogP contribution in [0.4, 0.5) is 0 Å². The molecule has 5 nitrogen and oxygen atoms in total. The van der Waals surface area contributed by atoms with Gasteiger partial charge in [-0.05, 0) is 29.7 Å². The predicted octanol–water partition coefficient (Wildman–Crippen LogP) is 2.14. The molecule has 2 aromatic rings. The van der Waals surface area contributed by atoms with E-state index in [-0.39, 0.29) is 18.9 Å². The van der Waals surface area contributed by atoms with Crippen LogP contribution >= 0.6 is 0 Å². The van der Waals surface area contributed by atoms with Gasteiger partial charge in [0.2, 0.25) is 5.91 Å². The molecule has 1 aliphatic heterocycles. The highest BCUT2D eigenvalue weighted by atomic mass is 16.4. The number of aliphatic carboxylic acids is 1. The maximum absolute atomic E-state index is 12.5. The van der Waals surface area contributed by atoms with E-state index in [1.165, 1.54) is 0 Å². The van der Waals surface area contributed by atoms with Crippen LogP contribution in [0.3, 0.4) is 0 Å². The van der Waals surface area contributed by atoms with Gasteiger partial charge >= 0.3 is 5.97 Å². The van der Waals surface area contributed by atoms with Gasteiger partial charge in [0.05, 0.1) is 12.3 Å². The summed E-state index contributed by atoms with van der Waals surface area (Å²) < 4.78 is 0. The van der Waals surface area contributed by atoms with Crippen molar-refractivity contribution in [1.29, 1.82) is 0 Å². The van der Waals surface area contributed by atoms with Gasteiger partial charge in [-0.2, -0.15) is 0 Å². The number of rotatable bonds is 3. The molecule has 0 saturated heterocycles. The fourth-order valence-electron chi connectivity index (χ4n) is 2.90. The highest BCUT2D eigenvalue weighted by Crippen LogP contribution is 2.28. The number of hydrogen-bond acceptors (Lipinski definition) is 3. The Hall–Kier alpha value is -2.69. The van der Waals surface area contributed by atoms with Crippen LogP contribution in [-0.2, 0) is 22.6 Å². The number of carbonyl (C=O) groups is 2. The summed E-state index contributed by atoms with van der Waals surface area (Å²) in [5, 5.41) is 9.46. The molecular formula is C18H18N2O3. The Morgan fingerprint density at radius 1 is 1.26 bits per heavy atom. The zero-order valence-electron chi connectivity index (χ0n) is 12.9. The van der Waals surface area contributed by atoms with Gasteiger partial charge in [-0.15, -0.1) is 0 Å². The smallest absolute Gasteiger partial charge is 0.312 e. The van der Waals surface area contributed by atoms with Crippen molar-refractivity contribution in [3.8, 4) is 0 Å². The van der Waals surface area contributed by atoms with Crippen molar-refractivity contribution in [2.45, 2.75) is 25.8 Å². The molecule has 0 spiro atoms. The molecule has 0 radical (unpaired) electrons. The van der Waals surface area contributed by atoms with Crippen molar-refractivity contribution in [3.05, 3.63) is 65.0 Å². The summed E-state index contributed by atoms with van der Waals surface area (Å²) in [7, 11) is 0. The monoisotopic (exact) mass is 310 g/mol. The Kier molecular flexibility index (Phi) is 4.10. The first-order valence-corrected chi connectivity index (χ1v) is 7.54. The highest BCUT2D eigenvalue weighted by molar-refractivity contribution is 5.82. The maximum atomic E-state index is 12.5. The van der Waals surface area contributed by atoms with Crippen LogP contribution in [0.1, 0.15) is 28.3 Å². The van der Waals surface area contributed by atoms with E-state index < -0.39 is 11.9 Å². The van der Waals surface area contributed by atoms with Gasteiger partial charge in [0, 0.05) is 25.0 Å². The Balaban J connectivity index is 1.79. The number of benzene rings is 1. The van der Waals surface area contributed by atoms with E-state index in [1.807, 2.05) is 43.3 Å². The van der Waals surface area contributed by atoms with Gasteiger partial charge in [-0.3, -0.25) is 14.6 Å². The maximum Gasteiger partial charge on any atom is 0.312 e. The van der Waals surface area contributed by atoms with Gasteiger partial charge in [0.1, 0.15) is 0 Å². The first-order chi connectivity index (χ1) is 11.0. The Morgan fingerprint density at radius 3 is 2.74 bits per heavy atom. The van der Waals surface area contributed by atoms with E-state index in [4.69, 9.17) is 0 Å².